The molecule has 1 aliphatic rings. The van der Waals surface area contributed by atoms with Crippen molar-refractivity contribution in [2.75, 3.05) is 11.9 Å². The van der Waals surface area contributed by atoms with E-state index < -0.39 is 20.3 Å². The summed E-state index contributed by atoms with van der Waals surface area (Å²) in [6.45, 7) is 6.83. The van der Waals surface area contributed by atoms with Gasteiger partial charge in [-0.25, -0.2) is 4.79 Å². The van der Waals surface area contributed by atoms with E-state index in [1.807, 2.05) is 0 Å². The van der Waals surface area contributed by atoms with Crippen LogP contribution >= 0.6 is 15.9 Å². The molecule has 0 bridgehead atoms. The molecule has 2 unspecified atom stereocenters. The molecule has 7 heteroatoms. The van der Waals surface area contributed by atoms with Crippen LogP contribution in [0, 0.1) is 0 Å². The van der Waals surface area contributed by atoms with E-state index in [4.69, 9.17) is 4.43 Å². The number of carboxylic acid groups (broad SMARTS) is 1. The minimum absolute atomic E-state index is 0.134. The average Bonchev–Trinajstić information content (AvgIpc) is 2.88. The maximum Gasteiger partial charge on any atom is 0.326 e. The number of carbonyl (C=O) groups excluding carboxylic acids is 1. The van der Waals surface area contributed by atoms with Crippen LogP contribution < -0.4 is 0 Å². The molecule has 1 rings (SSSR count). The van der Waals surface area contributed by atoms with Crippen molar-refractivity contribution in [1.82, 2.24) is 4.90 Å². The Labute approximate surface area is 129 Å². The minimum Gasteiger partial charge on any atom is -0.480 e. The van der Waals surface area contributed by atoms with Gasteiger partial charge in [-0.05, 0) is 18.1 Å². The third-order valence-corrected chi connectivity index (χ3v) is 9.51. The zero-order chi connectivity index (χ0) is 15.3. The quantitative estimate of drug-likeness (QED) is 0.555. The van der Waals surface area contributed by atoms with Crippen LogP contribution in [0.2, 0.25) is 18.1 Å². The van der Waals surface area contributed by atoms with E-state index in [2.05, 4.69) is 36.7 Å². The number of hydrogen-bond donors (Lipinski definition) is 1. The van der Waals surface area contributed by atoms with Crippen LogP contribution in [0.1, 0.15) is 27.2 Å². The fourth-order valence-electron chi connectivity index (χ4n) is 2.82. The normalized spacial score (nSPS) is 23.1. The van der Waals surface area contributed by atoms with E-state index in [0.717, 1.165) is 18.1 Å². The molecule has 0 radical (unpaired) electrons. The fourth-order valence-corrected chi connectivity index (χ4v) is 6.02. The van der Waals surface area contributed by atoms with Gasteiger partial charge in [0.05, 0.1) is 11.4 Å². The van der Waals surface area contributed by atoms with Crippen molar-refractivity contribution in [3.05, 3.63) is 0 Å². The molecule has 0 aromatic rings. The molecule has 1 amide bonds. The first kappa shape index (κ1) is 17.6. The summed E-state index contributed by atoms with van der Waals surface area (Å²) in [6, 6.07) is 2.34. The molecule has 0 aromatic heterocycles. The van der Waals surface area contributed by atoms with Crippen molar-refractivity contribution in [2.45, 2.75) is 57.5 Å². The van der Waals surface area contributed by atoms with Gasteiger partial charge < -0.3 is 14.4 Å². The van der Waals surface area contributed by atoms with Crippen LogP contribution in [0.15, 0.2) is 0 Å². The lowest BCUT2D eigenvalue weighted by atomic mass is 10.2. The van der Waals surface area contributed by atoms with Gasteiger partial charge in [0, 0.05) is 13.0 Å². The average molecular weight is 366 g/mol. The van der Waals surface area contributed by atoms with Crippen LogP contribution in [0.3, 0.4) is 0 Å². The molecule has 0 aromatic carbocycles. The van der Waals surface area contributed by atoms with E-state index in [1.54, 1.807) is 0 Å². The number of rotatable bonds is 7. The maximum absolute atomic E-state index is 11.8. The Balaban J connectivity index is 2.80. The molecule has 2 atom stereocenters. The molecular formula is C13H24BrNO4Si. The Morgan fingerprint density at radius 1 is 1.30 bits per heavy atom. The molecule has 1 aliphatic heterocycles. The molecule has 1 heterocycles. The number of halogens is 1. The van der Waals surface area contributed by atoms with Crippen LogP contribution in [-0.2, 0) is 14.0 Å². The number of carbonyl (C=O) groups is 2. The molecule has 116 valence electrons. The van der Waals surface area contributed by atoms with Crippen molar-refractivity contribution in [3.63, 3.8) is 0 Å². The topological polar surface area (TPSA) is 66.8 Å². The number of hydrogen-bond acceptors (Lipinski definition) is 3. The smallest absolute Gasteiger partial charge is 0.326 e. The molecule has 1 saturated heterocycles. The molecule has 1 fully saturated rings. The van der Waals surface area contributed by atoms with Gasteiger partial charge in [-0.2, -0.15) is 0 Å². The van der Waals surface area contributed by atoms with Gasteiger partial charge >= 0.3 is 5.97 Å². The first-order valence-electron chi connectivity index (χ1n) is 7.19. The number of nitrogens with zero attached hydrogens (tertiary/aromatic N) is 1. The van der Waals surface area contributed by atoms with Crippen molar-refractivity contribution in [2.24, 2.45) is 0 Å². The largest absolute Gasteiger partial charge is 0.480 e. The standard InChI is InChI=1S/C13H24BrNO4Si/c1-4-20(5-2,6-3)19-10-7-11(13(17)18)15(9-10)12(16)8-14/h10-11H,4-9H2,1-3H3,(H,17,18). The first-order valence-corrected chi connectivity index (χ1v) is 10.8. The van der Waals surface area contributed by atoms with Crippen LogP contribution in [0.25, 0.3) is 0 Å². The second kappa shape index (κ2) is 7.56. The van der Waals surface area contributed by atoms with Crippen molar-refractivity contribution in [1.29, 1.82) is 0 Å². The monoisotopic (exact) mass is 365 g/mol. The SMILES string of the molecule is CC[Si](CC)(CC)OC1CC(C(=O)O)N(C(=O)CBr)C1. The molecule has 1 N–H and O–H groups in total. The van der Waals surface area contributed by atoms with Crippen LogP contribution in [0.4, 0.5) is 0 Å². The van der Waals surface area contributed by atoms with Crippen molar-refractivity contribution >= 4 is 36.1 Å². The fraction of sp³-hybridized carbons (Fsp3) is 0.846. The Morgan fingerprint density at radius 2 is 1.85 bits per heavy atom. The summed E-state index contributed by atoms with van der Waals surface area (Å²) in [4.78, 5) is 24.6. The summed E-state index contributed by atoms with van der Waals surface area (Å²) in [5.74, 6) is -1.12. The van der Waals surface area contributed by atoms with Gasteiger partial charge in [0.15, 0.2) is 8.32 Å². The maximum atomic E-state index is 11.8. The minimum atomic E-state index is -1.76. The number of amides is 1. The summed E-state index contributed by atoms with van der Waals surface area (Å²) in [7, 11) is -1.76. The predicted octanol–water partition coefficient (Wildman–Crippen LogP) is 2.46. The van der Waals surface area contributed by atoms with E-state index in [9.17, 15) is 14.7 Å². The Kier molecular flexibility index (Phi) is 6.67. The van der Waals surface area contributed by atoms with Gasteiger partial charge in [-0.1, -0.05) is 36.7 Å². The lowest BCUT2D eigenvalue weighted by Gasteiger charge is -2.31. The number of alkyl halides is 1. The van der Waals surface area contributed by atoms with Crippen LogP contribution in [0.5, 0.6) is 0 Å². The summed E-state index contributed by atoms with van der Waals surface area (Å²) in [5.41, 5.74) is 0. The Hall–Kier alpha value is -0.403. The van der Waals surface area contributed by atoms with Crippen molar-refractivity contribution in [3.8, 4) is 0 Å². The second-order valence-corrected chi connectivity index (χ2v) is 10.5. The van der Waals surface area contributed by atoms with Crippen LogP contribution in [-0.4, -0.2) is 54.2 Å². The van der Waals surface area contributed by atoms with E-state index in [0.29, 0.717) is 13.0 Å². The third-order valence-electron chi connectivity index (χ3n) is 4.33. The summed E-state index contributed by atoms with van der Waals surface area (Å²) < 4.78 is 6.32. The first-order chi connectivity index (χ1) is 9.42. The lowest BCUT2D eigenvalue weighted by molar-refractivity contribution is -0.147. The highest BCUT2D eigenvalue weighted by molar-refractivity contribution is 9.09. The van der Waals surface area contributed by atoms with E-state index in [1.165, 1.54) is 4.90 Å². The predicted molar refractivity (Wildman–Crippen MR) is 83.6 cm³/mol. The molecule has 0 spiro atoms. The summed E-state index contributed by atoms with van der Waals surface area (Å²) in [6.07, 6.45) is 0.272. The Bertz CT molecular complexity index is 354. The molecular weight excluding hydrogens is 342 g/mol. The highest BCUT2D eigenvalue weighted by Gasteiger charge is 2.43. The summed E-state index contributed by atoms with van der Waals surface area (Å²) in [5, 5.41) is 9.42. The van der Waals surface area contributed by atoms with Gasteiger partial charge in [0.1, 0.15) is 6.04 Å². The zero-order valence-electron chi connectivity index (χ0n) is 12.4. The molecule has 20 heavy (non-hydrogen) atoms. The highest BCUT2D eigenvalue weighted by Crippen LogP contribution is 2.29. The zero-order valence-corrected chi connectivity index (χ0v) is 15.0. The number of likely N-dealkylation sites (tertiary alicyclic amines) is 1. The van der Waals surface area contributed by atoms with E-state index >= 15 is 0 Å². The van der Waals surface area contributed by atoms with Gasteiger partial charge in [0.2, 0.25) is 5.91 Å². The molecule has 0 saturated carbocycles. The summed E-state index contributed by atoms with van der Waals surface area (Å²) >= 11 is 3.11. The molecule has 0 aliphatic carbocycles. The van der Waals surface area contributed by atoms with Gasteiger partial charge in [0.25, 0.3) is 0 Å². The number of aliphatic carboxylic acids is 1. The highest BCUT2D eigenvalue weighted by atomic mass is 79.9. The van der Waals surface area contributed by atoms with Gasteiger partial charge in [-0.15, -0.1) is 0 Å². The lowest BCUT2D eigenvalue weighted by Crippen LogP contribution is -2.42. The van der Waals surface area contributed by atoms with Gasteiger partial charge in [-0.3, -0.25) is 4.79 Å². The molecule has 5 nitrogen and oxygen atoms in total. The van der Waals surface area contributed by atoms with E-state index in [-0.39, 0.29) is 17.3 Å². The Morgan fingerprint density at radius 3 is 2.25 bits per heavy atom. The second-order valence-electron chi connectivity index (χ2n) is 5.25. The number of carboxylic acids is 1. The third kappa shape index (κ3) is 3.83. The van der Waals surface area contributed by atoms with Crippen molar-refractivity contribution < 1.29 is 19.1 Å².